The van der Waals surface area contributed by atoms with Gasteiger partial charge < -0.3 is 19.2 Å². The van der Waals surface area contributed by atoms with Crippen molar-refractivity contribution in [2.75, 3.05) is 13.2 Å². The summed E-state index contributed by atoms with van der Waals surface area (Å²) in [5, 5.41) is 10.5. The van der Waals surface area contributed by atoms with Gasteiger partial charge in [-0.25, -0.2) is 0 Å². The summed E-state index contributed by atoms with van der Waals surface area (Å²) in [6.07, 6.45) is 3.10. The van der Waals surface area contributed by atoms with E-state index in [-0.39, 0.29) is 17.4 Å². The molecule has 0 spiro atoms. The molecule has 3 heterocycles. The predicted octanol–water partition coefficient (Wildman–Crippen LogP) is 3.04. The molecule has 2 aliphatic rings. The van der Waals surface area contributed by atoms with Crippen LogP contribution >= 0.6 is 0 Å². The zero-order valence-corrected chi connectivity index (χ0v) is 14.1. The molecule has 1 fully saturated rings. The Balaban J connectivity index is 1.74. The molecule has 1 aromatic heterocycles. The number of aliphatic hydroxyl groups is 1. The molecule has 1 aromatic carbocycles. The Kier molecular flexibility index (Phi) is 4.34. The molecule has 1 saturated heterocycles. The van der Waals surface area contributed by atoms with Crippen LogP contribution in [0.1, 0.15) is 35.0 Å². The minimum Gasteiger partial charge on any atom is -0.503 e. The number of nitrogens with zero attached hydrogens (tertiary/aromatic N) is 1. The number of ether oxygens (including phenoxy) is 1. The smallest absolute Gasteiger partial charge is 0.290 e. The maximum atomic E-state index is 12.9. The summed E-state index contributed by atoms with van der Waals surface area (Å²) in [4.78, 5) is 27.2. The number of aliphatic hydroxyl groups excluding tert-OH is 1. The van der Waals surface area contributed by atoms with Gasteiger partial charge in [0.1, 0.15) is 0 Å². The van der Waals surface area contributed by atoms with Gasteiger partial charge in [-0.1, -0.05) is 30.3 Å². The Morgan fingerprint density at radius 3 is 2.65 bits per heavy atom. The summed E-state index contributed by atoms with van der Waals surface area (Å²) in [5.41, 5.74) is 0.812. The van der Waals surface area contributed by atoms with E-state index >= 15 is 0 Å². The fourth-order valence-electron chi connectivity index (χ4n) is 3.60. The fraction of sp³-hybridized carbons (Fsp3) is 0.300. The summed E-state index contributed by atoms with van der Waals surface area (Å²) in [6.45, 7) is 0.998. The van der Waals surface area contributed by atoms with Gasteiger partial charge >= 0.3 is 0 Å². The molecular formula is C20H19NO5. The van der Waals surface area contributed by atoms with E-state index in [1.54, 1.807) is 6.07 Å². The number of amides is 1. The lowest BCUT2D eigenvalue weighted by atomic mass is 9.95. The second-order valence-corrected chi connectivity index (χ2v) is 6.47. The van der Waals surface area contributed by atoms with E-state index in [1.807, 2.05) is 30.3 Å². The average Bonchev–Trinajstić information content (AvgIpc) is 3.40. The largest absolute Gasteiger partial charge is 0.503 e. The lowest BCUT2D eigenvalue weighted by Crippen LogP contribution is -2.37. The lowest BCUT2D eigenvalue weighted by Gasteiger charge is -2.28. The van der Waals surface area contributed by atoms with Crippen LogP contribution in [0.4, 0.5) is 0 Å². The number of Topliss-reactive ketones (excluding diaryl/α,β-unsaturated/α-hetero) is 1. The maximum Gasteiger partial charge on any atom is 0.290 e. The molecule has 6 heteroatoms. The van der Waals surface area contributed by atoms with Crippen LogP contribution in [0, 0.1) is 0 Å². The number of furan rings is 1. The predicted molar refractivity (Wildman–Crippen MR) is 92.6 cm³/mol. The summed E-state index contributed by atoms with van der Waals surface area (Å²) >= 11 is 0. The van der Waals surface area contributed by atoms with E-state index in [1.165, 1.54) is 17.2 Å². The first kappa shape index (κ1) is 16.6. The van der Waals surface area contributed by atoms with Crippen molar-refractivity contribution < 1.29 is 23.8 Å². The molecular weight excluding hydrogens is 334 g/mol. The van der Waals surface area contributed by atoms with E-state index in [0.717, 1.165) is 18.4 Å². The molecule has 6 nitrogen and oxygen atoms in total. The molecule has 0 radical (unpaired) electrons. The van der Waals surface area contributed by atoms with Crippen LogP contribution in [0.3, 0.4) is 0 Å². The minimum atomic E-state index is -0.662. The monoisotopic (exact) mass is 353 g/mol. The highest BCUT2D eigenvalue weighted by Crippen LogP contribution is 2.39. The number of hydrogen-bond donors (Lipinski definition) is 1. The molecule has 0 aliphatic carbocycles. The van der Waals surface area contributed by atoms with Crippen molar-refractivity contribution in [2.45, 2.75) is 25.0 Å². The Labute approximate surface area is 150 Å². The van der Waals surface area contributed by atoms with Crippen LogP contribution < -0.4 is 0 Å². The molecule has 0 saturated carbocycles. The molecule has 1 N–H and O–H groups in total. The van der Waals surface area contributed by atoms with E-state index in [2.05, 4.69) is 0 Å². The molecule has 2 aliphatic heterocycles. The summed E-state index contributed by atoms with van der Waals surface area (Å²) in [5.74, 6) is -1.45. The van der Waals surface area contributed by atoms with Gasteiger partial charge in [-0.2, -0.15) is 0 Å². The van der Waals surface area contributed by atoms with Crippen LogP contribution in [0.15, 0.2) is 64.5 Å². The highest BCUT2D eigenvalue weighted by Gasteiger charge is 2.45. The first-order valence-corrected chi connectivity index (χ1v) is 8.65. The molecule has 0 unspecified atom stereocenters. The zero-order chi connectivity index (χ0) is 18.1. The van der Waals surface area contributed by atoms with Gasteiger partial charge in [0.05, 0.1) is 24.0 Å². The number of rotatable bonds is 5. The normalized spacial score (nSPS) is 23.1. The Morgan fingerprint density at radius 1 is 1.19 bits per heavy atom. The summed E-state index contributed by atoms with van der Waals surface area (Å²) in [7, 11) is 0. The number of benzene rings is 1. The number of hydrogen-bond acceptors (Lipinski definition) is 5. The van der Waals surface area contributed by atoms with Crippen LogP contribution in [0.25, 0.3) is 0 Å². The van der Waals surface area contributed by atoms with Crippen molar-refractivity contribution in [3.05, 3.63) is 71.4 Å². The van der Waals surface area contributed by atoms with E-state index in [4.69, 9.17) is 9.15 Å². The van der Waals surface area contributed by atoms with Gasteiger partial charge in [-0.15, -0.1) is 0 Å². The molecule has 2 aromatic rings. The van der Waals surface area contributed by atoms with Crippen LogP contribution in [-0.4, -0.2) is 41.0 Å². The van der Waals surface area contributed by atoms with Crippen molar-refractivity contribution in [1.82, 2.24) is 4.90 Å². The quantitative estimate of drug-likeness (QED) is 0.836. The molecule has 26 heavy (non-hydrogen) atoms. The van der Waals surface area contributed by atoms with E-state index in [0.29, 0.717) is 13.2 Å². The van der Waals surface area contributed by atoms with Crippen molar-refractivity contribution >= 4 is 11.7 Å². The van der Waals surface area contributed by atoms with Crippen LogP contribution in [0.5, 0.6) is 0 Å². The van der Waals surface area contributed by atoms with Crippen LogP contribution in [-0.2, 0) is 9.53 Å². The number of carbonyl (C=O) groups excluding carboxylic acids is 2. The molecule has 4 rings (SSSR count). The van der Waals surface area contributed by atoms with Crippen LogP contribution in [0.2, 0.25) is 0 Å². The van der Waals surface area contributed by atoms with Gasteiger partial charge in [0.25, 0.3) is 5.91 Å². The third-order valence-corrected chi connectivity index (χ3v) is 4.83. The molecule has 134 valence electrons. The topological polar surface area (TPSA) is 80.0 Å². The number of ketones is 1. The van der Waals surface area contributed by atoms with Gasteiger partial charge in [-0.05, 0) is 30.5 Å². The number of carbonyl (C=O) groups is 2. The molecule has 0 bridgehead atoms. The van der Waals surface area contributed by atoms with E-state index in [9.17, 15) is 14.7 Å². The second kappa shape index (κ2) is 6.80. The van der Waals surface area contributed by atoms with Gasteiger partial charge in [-0.3, -0.25) is 9.59 Å². The summed E-state index contributed by atoms with van der Waals surface area (Å²) in [6, 6.07) is 11.7. The highest BCUT2D eigenvalue weighted by molar-refractivity contribution is 6.15. The Hall–Kier alpha value is -2.86. The Morgan fingerprint density at radius 2 is 2.00 bits per heavy atom. The lowest BCUT2D eigenvalue weighted by molar-refractivity contribution is -0.131. The van der Waals surface area contributed by atoms with Crippen molar-refractivity contribution in [3.63, 3.8) is 0 Å². The molecule has 1 amide bonds. The SMILES string of the molecule is O=C(C1=C(O)C(=O)N(C[C@@H]2CCCO2)[C@H]1c1ccccc1)c1ccco1. The average molecular weight is 353 g/mol. The van der Waals surface area contributed by atoms with Crippen molar-refractivity contribution in [1.29, 1.82) is 0 Å². The summed E-state index contributed by atoms with van der Waals surface area (Å²) < 4.78 is 10.8. The first-order chi connectivity index (χ1) is 12.7. The zero-order valence-electron chi connectivity index (χ0n) is 14.1. The highest BCUT2D eigenvalue weighted by atomic mass is 16.5. The third-order valence-electron chi connectivity index (χ3n) is 4.83. The van der Waals surface area contributed by atoms with Gasteiger partial charge in [0.2, 0.25) is 5.78 Å². The fourth-order valence-corrected chi connectivity index (χ4v) is 3.60. The minimum absolute atomic E-state index is 0.0501. The third kappa shape index (κ3) is 2.82. The first-order valence-electron chi connectivity index (χ1n) is 8.65. The molecule has 2 atom stereocenters. The van der Waals surface area contributed by atoms with Gasteiger partial charge in [0.15, 0.2) is 11.5 Å². The van der Waals surface area contributed by atoms with Gasteiger partial charge in [0, 0.05) is 13.2 Å². The van der Waals surface area contributed by atoms with Crippen molar-refractivity contribution in [3.8, 4) is 0 Å². The standard InChI is InChI=1S/C20H19NO5/c22-18(15-9-5-11-26-15)16-17(13-6-2-1-3-7-13)21(20(24)19(16)23)12-14-8-4-10-25-14/h1-3,5-7,9,11,14,17,23H,4,8,10,12H2/t14-,17-/m0/s1. The van der Waals surface area contributed by atoms with E-state index < -0.39 is 23.5 Å². The maximum absolute atomic E-state index is 12.9. The second-order valence-electron chi connectivity index (χ2n) is 6.47. The Bertz CT molecular complexity index is 834. The van der Waals surface area contributed by atoms with Crippen molar-refractivity contribution in [2.24, 2.45) is 0 Å².